The molecule has 4 heteroatoms. The summed E-state index contributed by atoms with van der Waals surface area (Å²) in [4.78, 5) is 3.21. The number of hydrogen-bond acceptors (Lipinski definition) is 3. The third kappa shape index (κ3) is 2.93. The molecule has 0 aromatic rings. The maximum absolute atomic E-state index is 5.67. The molecule has 1 saturated heterocycles. The van der Waals surface area contributed by atoms with E-state index in [0.717, 1.165) is 26.1 Å². The summed E-state index contributed by atoms with van der Waals surface area (Å²) in [6.45, 7) is 7.42. The van der Waals surface area contributed by atoms with Crippen LogP contribution in [0.25, 0.3) is 0 Å². The molecule has 0 amide bonds. The molecule has 2 N–H and O–H groups in total. The largest absolute Gasteiger partial charge is 0.393 e. The molecule has 2 fully saturated rings. The molecule has 0 aromatic carbocycles. The van der Waals surface area contributed by atoms with E-state index in [-0.39, 0.29) is 0 Å². The van der Waals surface area contributed by atoms with Gasteiger partial charge in [0.2, 0.25) is 0 Å². The van der Waals surface area contributed by atoms with Crippen molar-refractivity contribution in [3.8, 4) is 0 Å². The lowest BCUT2D eigenvalue weighted by atomic mass is 10.00. The fraction of sp³-hybridized carbons (Fsp3) is 0.917. The number of morpholine rings is 1. The first kappa shape index (κ1) is 12.3. The molecule has 1 saturated carbocycles. The summed E-state index contributed by atoms with van der Waals surface area (Å²) in [6, 6.07) is 0.528. The van der Waals surface area contributed by atoms with E-state index >= 15 is 0 Å². The molecular weight excluding hydrogens is 220 g/mol. The van der Waals surface area contributed by atoms with Gasteiger partial charge in [-0.2, -0.15) is 0 Å². The van der Waals surface area contributed by atoms with E-state index in [1.165, 1.54) is 12.8 Å². The van der Waals surface area contributed by atoms with Crippen LogP contribution in [0.2, 0.25) is 0 Å². The van der Waals surface area contributed by atoms with Crippen LogP contribution in [-0.2, 0) is 4.74 Å². The molecule has 0 spiro atoms. The quantitative estimate of drug-likeness (QED) is 0.759. The van der Waals surface area contributed by atoms with Gasteiger partial charge in [-0.05, 0) is 32.1 Å². The van der Waals surface area contributed by atoms with Gasteiger partial charge in [0.25, 0.3) is 0 Å². The predicted octanol–water partition coefficient (Wildman–Crippen LogP) is 1.55. The van der Waals surface area contributed by atoms with E-state index in [2.05, 4.69) is 18.7 Å². The molecule has 1 aliphatic carbocycles. The zero-order valence-electron chi connectivity index (χ0n) is 10.2. The SMILES string of the molecule is CC1CN(CC2(CC(N)=S)CC2)C(C)CO1. The van der Waals surface area contributed by atoms with Crippen LogP contribution >= 0.6 is 12.2 Å². The molecule has 0 radical (unpaired) electrons. The molecule has 16 heavy (non-hydrogen) atoms. The normalized spacial score (nSPS) is 33.6. The molecule has 1 aliphatic heterocycles. The second-order valence-corrected chi connectivity index (χ2v) is 6.09. The number of nitrogens with two attached hydrogens (primary N) is 1. The Morgan fingerprint density at radius 1 is 1.50 bits per heavy atom. The molecule has 2 rings (SSSR count). The highest BCUT2D eigenvalue weighted by Gasteiger charge is 2.45. The second kappa shape index (κ2) is 4.59. The second-order valence-electron chi connectivity index (χ2n) is 5.57. The Hall–Kier alpha value is -0.190. The highest BCUT2D eigenvalue weighted by atomic mass is 32.1. The summed E-state index contributed by atoms with van der Waals surface area (Å²) in [5, 5.41) is 0. The number of ether oxygens (including phenoxy) is 1. The van der Waals surface area contributed by atoms with Crippen LogP contribution < -0.4 is 5.73 Å². The summed E-state index contributed by atoms with van der Waals surface area (Å²) in [5.41, 5.74) is 6.07. The van der Waals surface area contributed by atoms with E-state index in [4.69, 9.17) is 22.7 Å². The lowest BCUT2D eigenvalue weighted by Crippen LogP contribution is -2.49. The monoisotopic (exact) mass is 242 g/mol. The smallest absolute Gasteiger partial charge is 0.0733 e. The minimum Gasteiger partial charge on any atom is -0.393 e. The Morgan fingerprint density at radius 3 is 2.75 bits per heavy atom. The average Bonchev–Trinajstić information content (AvgIpc) is 2.90. The van der Waals surface area contributed by atoms with E-state index in [0.29, 0.717) is 22.5 Å². The van der Waals surface area contributed by atoms with Crippen LogP contribution in [0.1, 0.15) is 33.1 Å². The van der Waals surface area contributed by atoms with Crippen molar-refractivity contribution in [3.63, 3.8) is 0 Å². The van der Waals surface area contributed by atoms with Gasteiger partial charge in [0, 0.05) is 25.6 Å². The molecule has 92 valence electrons. The first-order valence-corrected chi connectivity index (χ1v) is 6.56. The summed E-state index contributed by atoms with van der Waals surface area (Å²) < 4.78 is 5.64. The lowest BCUT2D eigenvalue weighted by molar-refractivity contribution is -0.0554. The molecule has 1 heterocycles. The predicted molar refractivity (Wildman–Crippen MR) is 69.5 cm³/mol. The van der Waals surface area contributed by atoms with Gasteiger partial charge in [-0.25, -0.2) is 0 Å². The van der Waals surface area contributed by atoms with E-state index in [1.54, 1.807) is 0 Å². The number of nitrogens with zero attached hydrogens (tertiary/aromatic N) is 1. The number of rotatable bonds is 4. The average molecular weight is 242 g/mol. The van der Waals surface area contributed by atoms with Gasteiger partial charge in [0.05, 0.1) is 17.7 Å². The van der Waals surface area contributed by atoms with Gasteiger partial charge in [0.15, 0.2) is 0 Å². The Balaban J connectivity index is 1.90. The van der Waals surface area contributed by atoms with Crippen molar-refractivity contribution in [1.29, 1.82) is 0 Å². The Kier molecular flexibility index (Phi) is 3.52. The standard InChI is InChI=1S/C12H22N2OS/c1-9-7-15-10(2)6-14(9)8-12(3-4-12)5-11(13)16/h9-10H,3-8H2,1-2H3,(H2,13,16). The summed E-state index contributed by atoms with van der Waals surface area (Å²) in [7, 11) is 0. The third-order valence-electron chi connectivity index (χ3n) is 3.78. The molecule has 2 atom stereocenters. The third-order valence-corrected chi connectivity index (χ3v) is 3.93. The maximum atomic E-state index is 5.67. The molecular formula is C12H22N2OS. The summed E-state index contributed by atoms with van der Waals surface area (Å²) in [5.74, 6) is 0. The topological polar surface area (TPSA) is 38.5 Å². The Labute approximate surface area is 103 Å². The highest BCUT2D eigenvalue weighted by molar-refractivity contribution is 7.80. The van der Waals surface area contributed by atoms with Crippen LogP contribution in [0.15, 0.2) is 0 Å². The Morgan fingerprint density at radius 2 is 2.19 bits per heavy atom. The van der Waals surface area contributed by atoms with Gasteiger partial charge >= 0.3 is 0 Å². The van der Waals surface area contributed by atoms with Gasteiger partial charge < -0.3 is 10.5 Å². The van der Waals surface area contributed by atoms with Gasteiger partial charge in [-0.3, -0.25) is 4.90 Å². The van der Waals surface area contributed by atoms with Crippen LogP contribution in [0, 0.1) is 5.41 Å². The van der Waals surface area contributed by atoms with Crippen molar-refractivity contribution in [3.05, 3.63) is 0 Å². The minimum atomic E-state index is 0.358. The van der Waals surface area contributed by atoms with E-state index < -0.39 is 0 Å². The molecule has 2 aliphatic rings. The lowest BCUT2D eigenvalue weighted by Gasteiger charge is -2.39. The van der Waals surface area contributed by atoms with Gasteiger partial charge in [-0.1, -0.05) is 12.2 Å². The number of thiocarbonyl (C=S) groups is 1. The van der Waals surface area contributed by atoms with Gasteiger partial charge in [0.1, 0.15) is 0 Å². The zero-order chi connectivity index (χ0) is 11.8. The van der Waals surface area contributed by atoms with Crippen LogP contribution in [0.3, 0.4) is 0 Å². The van der Waals surface area contributed by atoms with Crippen molar-refractivity contribution in [2.75, 3.05) is 19.7 Å². The molecule has 0 bridgehead atoms. The van der Waals surface area contributed by atoms with E-state index in [1.807, 2.05) is 0 Å². The first-order valence-electron chi connectivity index (χ1n) is 6.15. The minimum absolute atomic E-state index is 0.358. The van der Waals surface area contributed by atoms with Crippen molar-refractivity contribution in [2.24, 2.45) is 11.1 Å². The molecule has 2 unspecified atom stereocenters. The van der Waals surface area contributed by atoms with Gasteiger partial charge in [-0.15, -0.1) is 0 Å². The van der Waals surface area contributed by atoms with Crippen molar-refractivity contribution >= 4 is 17.2 Å². The number of hydrogen-bond donors (Lipinski definition) is 1. The fourth-order valence-electron chi connectivity index (χ4n) is 2.56. The summed E-state index contributed by atoms with van der Waals surface area (Å²) >= 11 is 5.04. The fourth-order valence-corrected chi connectivity index (χ4v) is 2.87. The zero-order valence-corrected chi connectivity index (χ0v) is 11.1. The van der Waals surface area contributed by atoms with Crippen molar-refractivity contribution < 1.29 is 4.74 Å². The first-order chi connectivity index (χ1) is 7.51. The van der Waals surface area contributed by atoms with E-state index in [9.17, 15) is 0 Å². The Bertz CT molecular complexity index is 278. The van der Waals surface area contributed by atoms with Crippen molar-refractivity contribution in [2.45, 2.75) is 45.3 Å². The molecule has 3 nitrogen and oxygen atoms in total. The molecule has 0 aromatic heterocycles. The summed E-state index contributed by atoms with van der Waals surface area (Å²) in [6.07, 6.45) is 3.84. The van der Waals surface area contributed by atoms with Crippen LogP contribution in [0.4, 0.5) is 0 Å². The maximum Gasteiger partial charge on any atom is 0.0733 e. The van der Waals surface area contributed by atoms with Crippen molar-refractivity contribution in [1.82, 2.24) is 4.90 Å². The van der Waals surface area contributed by atoms with Crippen LogP contribution in [-0.4, -0.2) is 41.7 Å². The van der Waals surface area contributed by atoms with Crippen LogP contribution in [0.5, 0.6) is 0 Å². The highest BCUT2D eigenvalue weighted by Crippen LogP contribution is 2.49.